The molecule has 0 bridgehead atoms. The minimum Gasteiger partial charge on any atom is -0.493 e. The minimum atomic E-state index is 0.158. The maximum Gasteiger partial charge on any atom is 0.161 e. The van der Waals surface area contributed by atoms with Gasteiger partial charge in [-0.1, -0.05) is 38.7 Å². The van der Waals surface area contributed by atoms with Crippen molar-refractivity contribution in [2.75, 3.05) is 13.7 Å². The molecular weight excluding hydrogens is 250 g/mol. The van der Waals surface area contributed by atoms with Crippen molar-refractivity contribution < 1.29 is 9.47 Å². The van der Waals surface area contributed by atoms with Gasteiger partial charge in [-0.2, -0.15) is 0 Å². The van der Waals surface area contributed by atoms with Crippen molar-refractivity contribution in [2.45, 2.75) is 58.4 Å². The fourth-order valence-electron chi connectivity index (χ4n) is 2.22. The van der Waals surface area contributed by atoms with Gasteiger partial charge < -0.3 is 15.2 Å². The molecule has 0 spiro atoms. The molecule has 0 aromatic heterocycles. The van der Waals surface area contributed by atoms with E-state index in [-0.39, 0.29) is 6.04 Å². The lowest BCUT2D eigenvalue weighted by molar-refractivity contribution is 0.284. The van der Waals surface area contributed by atoms with E-state index < -0.39 is 0 Å². The van der Waals surface area contributed by atoms with E-state index in [1.807, 2.05) is 19.1 Å². The second kappa shape index (κ2) is 9.65. The van der Waals surface area contributed by atoms with Crippen LogP contribution in [0.2, 0.25) is 0 Å². The molecule has 1 unspecified atom stereocenters. The molecule has 1 atom stereocenters. The predicted molar refractivity (Wildman–Crippen MR) is 84.6 cm³/mol. The van der Waals surface area contributed by atoms with Crippen LogP contribution in [0.25, 0.3) is 0 Å². The van der Waals surface area contributed by atoms with Gasteiger partial charge in [0.05, 0.1) is 13.7 Å². The lowest BCUT2D eigenvalue weighted by Gasteiger charge is -2.13. The second-order valence-corrected chi connectivity index (χ2v) is 5.43. The first kappa shape index (κ1) is 16.8. The zero-order valence-corrected chi connectivity index (χ0v) is 13.2. The number of hydrogen-bond donors (Lipinski definition) is 1. The van der Waals surface area contributed by atoms with Crippen LogP contribution in [0.5, 0.6) is 11.5 Å². The third-order valence-electron chi connectivity index (χ3n) is 3.29. The molecule has 1 aromatic carbocycles. The minimum absolute atomic E-state index is 0.158. The summed E-state index contributed by atoms with van der Waals surface area (Å²) in [5, 5.41) is 0. The molecule has 0 saturated carbocycles. The number of nitrogens with two attached hydrogens (primary N) is 1. The Morgan fingerprint density at radius 1 is 1.10 bits per heavy atom. The summed E-state index contributed by atoms with van der Waals surface area (Å²) in [6, 6.07) is 6.22. The van der Waals surface area contributed by atoms with E-state index in [4.69, 9.17) is 15.2 Å². The van der Waals surface area contributed by atoms with Gasteiger partial charge in [0.2, 0.25) is 0 Å². The summed E-state index contributed by atoms with van der Waals surface area (Å²) in [4.78, 5) is 0. The molecule has 0 fully saturated rings. The standard InChI is InChI=1S/C17H29NO2/c1-4-5-6-7-8-11-20-17-13-15(12-14(2)18)9-10-16(17)19-3/h9-10,13-14H,4-8,11-12,18H2,1-3H3. The van der Waals surface area contributed by atoms with Gasteiger partial charge in [0.25, 0.3) is 0 Å². The van der Waals surface area contributed by atoms with Crippen LogP contribution in [-0.2, 0) is 6.42 Å². The van der Waals surface area contributed by atoms with Gasteiger partial charge in [0, 0.05) is 6.04 Å². The van der Waals surface area contributed by atoms with E-state index in [1.165, 1.54) is 31.2 Å². The molecule has 0 radical (unpaired) electrons. The zero-order chi connectivity index (χ0) is 14.8. The highest BCUT2D eigenvalue weighted by atomic mass is 16.5. The Balaban J connectivity index is 2.48. The summed E-state index contributed by atoms with van der Waals surface area (Å²) in [7, 11) is 1.68. The van der Waals surface area contributed by atoms with E-state index in [2.05, 4.69) is 13.0 Å². The van der Waals surface area contributed by atoms with Crippen molar-refractivity contribution in [3.05, 3.63) is 23.8 Å². The van der Waals surface area contributed by atoms with Crippen LogP contribution in [0.4, 0.5) is 0 Å². The van der Waals surface area contributed by atoms with E-state index >= 15 is 0 Å². The third-order valence-corrected chi connectivity index (χ3v) is 3.29. The van der Waals surface area contributed by atoms with E-state index in [1.54, 1.807) is 7.11 Å². The summed E-state index contributed by atoms with van der Waals surface area (Å²) in [5.41, 5.74) is 7.04. The maximum absolute atomic E-state index is 5.86. The molecule has 1 aromatic rings. The number of methoxy groups -OCH3 is 1. The Hall–Kier alpha value is -1.22. The van der Waals surface area contributed by atoms with Crippen LogP contribution in [0.3, 0.4) is 0 Å². The molecule has 0 aliphatic heterocycles. The zero-order valence-electron chi connectivity index (χ0n) is 13.2. The van der Waals surface area contributed by atoms with E-state index in [0.29, 0.717) is 0 Å². The van der Waals surface area contributed by atoms with Crippen molar-refractivity contribution in [3.8, 4) is 11.5 Å². The first-order valence-corrected chi connectivity index (χ1v) is 7.72. The fourth-order valence-corrected chi connectivity index (χ4v) is 2.22. The Kier molecular flexibility index (Phi) is 8.12. The molecule has 3 nitrogen and oxygen atoms in total. The van der Waals surface area contributed by atoms with Crippen LogP contribution < -0.4 is 15.2 Å². The van der Waals surface area contributed by atoms with Gasteiger partial charge in [0.15, 0.2) is 11.5 Å². The molecule has 2 N–H and O–H groups in total. The summed E-state index contributed by atoms with van der Waals surface area (Å²) in [5.74, 6) is 1.63. The van der Waals surface area contributed by atoms with Crippen molar-refractivity contribution in [3.63, 3.8) is 0 Å². The van der Waals surface area contributed by atoms with Gasteiger partial charge in [-0.15, -0.1) is 0 Å². The summed E-state index contributed by atoms with van der Waals surface area (Å²) in [6.45, 7) is 4.99. The van der Waals surface area contributed by atoms with Crippen LogP contribution >= 0.6 is 0 Å². The lowest BCUT2D eigenvalue weighted by atomic mass is 10.1. The topological polar surface area (TPSA) is 44.5 Å². The number of hydrogen-bond acceptors (Lipinski definition) is 3. The molecule has 0 amide bonds. The van der Waals surface area contributed by atoms with Crippen LogP contribution in [0, 0.1) is 0 Å². The second-order valence-electron chi connectivity index (χ2n) is 5.43. The van der Waals surface area contributed by atoms with Gasteiger partial charge in [0.1, 0.15) is 0 Å². The molecule has 1 rings (SSSR count). The smallest absolute Gasteiger partial charge is 0.161 e. The molecule has 0 aliphatic carbocycles. The fraction of sp³-hybridized carbons (Fsp3) is 0.647. The van der Waals surface area contributed by atoms with Crippen molar-refractivity contribution in [1.29, 1.82) is 0 Å². The highest BCUT2D eigenvalue weighted by Crippen LogP contribution is 2.28. The Bertz CT molecular complexity index is 377. The predicted octanol–water partition coefficient (Wildman–Crippen LogP) is 3.93. The van der Waals surface area contributed by atoms with Gasteiger partial charge in [-0.25, -0.2) is 0 Å². The van der Waals surface area contributed by atoms with E-state index in [9.17, 15) is 0 Å². The van der Waals surface area contributed by atoms with Crippen LogP contribution in [0.1, 0.15) is 51.5 Å². The average Bonchev–Trinajstić information content (AvgIpc) is 2.42. The Morgan fingerprint density at radius 3 is 2.50 bits per heavy atom. The monoisotopic (exact) mass is 279 g/mol. The molecule has 0 aliphatic rings. The Labute approximate surface area is 123 Å². The first-order chi connectivity index (χ1) is 9.67. The molecule has 0 heterocycles. The number of unbranched alkanes of at least 4 members (excludes halogenated alkanes) is 4. The van der Waals surface area contributed by atoms with Gasteiger partial charge in [-0.05, 0) is 37.5 Å². The first-order valence-electron chi connectivity index (χ1n) is 7.72. The quantitative estimate of drug-likeness (QED) is 0.660. The van der Waals surface area contributed by atoms with Gasteiger partial charge in [-0.3, -0.25) is 0 Å². The molecule has 20 heavy (non-hydrogen) atoms. The summed E-state index contributed by atoms with van der Waals surface area (Å²) < 4.78 is 11.2. The van der Waals surface area contributed by atoms with E-state index in [0.717, 1.165) is 30.9 Å². The third kappa shape index (κ3) is 6.29. The molecule has 0 saturated heterocycles. The average molecular weight is 279 g/mol. The maximum atomic E-state index is 5.86. The normalized spacial score (nSPS) is 12.2. The largest absolute Gasteiger partial charge is 0.493 e. The van der Waals surface area contributed by atoms with Gasteiger partial charge >= 0.3 is 0 Å². The highest BCUT2D eigenvalue weighted by Gasteiger charge is 2.07. The van der Waals surface area contributed by atoms with Crippen molar-refractivity contribution in [1.82, 2.24) is 0 Å². The Morgan fingerprint density at radius 2 is 1.85 bits per heavy atom. The van der Waals surface area contributed by atoms with Crippen LogP contribution in [0.15, 0.2) is 18.2 Å². The number of ether oxygens (including phenoxy) is 2. The molecule has 3 heteroatoms. The summed E-state index contributed by atoms with van der Waals surface area (Å²) in [6.07, 6.45) is 7.07. The number of rotatable bonds is 10. The van der Waals surface area contributed by atoms with Crippen molar-refractivity contribution in [2.24, 2.45) is 5.73 Å². The van der Waals surface area contributed by atoms with Crippen LogP contribution in [-0.4, -0.2) is 19.8 Å². The lowest BCUT2D eigenvalue weighted by Crippen LogP contribution is -2.17. The molecular formula is C17H29NO2. The number of benzene rings is 1. The SMILES string of the molecule is CCCCCCCOc1cc(CC(C)N)ccc1OC. The highest BCUT2D eigenvalue weighted by molar-refractivity contribution is 5.43. The summed E-state index contributed by atoms with van der Waals surface area (Å²) >= 11 is 0. The van der Waals surface area contributed by atoms with Crippen molar-refractivity contribution >= 4 is 0 Å². The molecule has 114 valence electrons.